The topological polar surface area (TPSA) is 59.9 Å². The molecule has 0 spiro atoms. The Kier molecular flexibility index (Phi) is 4.61. The summed E-state index contributed by atoms with van der Waals surface area (Å²) < 4.78 is 20.5. The Morgan fingerprint density at radius 2 is 1.75 bits per heavy atom. The van der Waals surface area contributed by atoms with Crippen LogP contribution in [0.15, 0.2) is 55.0 Å². The third-order valence-electron chi connectivity index (χ3n) is 4.48. The summed E-state index contributed by atoms with van der Waals surface area (Å²) in [5.41, 5.74) is 3.76. The molecule has 0 unspecified atom stereocenters. The van der Waals surface area contributed by atoms with Crippen LogP contribution >= 0.6 is 0 Å². The Bertz CT molecular complexity index is 1160. The average Bonchev–Trinajstić information content (AvgIpc) is 2.69. The fourth-order valence-electron chi connectivity index (χ4n) is 2.93. The maximum atomic E-state index is 14.6. The lowest BCUT2D eigenvalue weighted by molar-refractivity contribution is 0.476. The second kappa shape index (κ2) is 7.23. The van der Waals surface area contributed by atoms with E-state index in [4.69, 9.17) is 4.74 Å². The van der Waals surface area contributed by atoms with Crippen molar-refractivity contribution >= 4 is 22.4 Å². The van der Waals surface area contributed by atoms with Crippen LogP contribution in [-0.2, 0) is 0 Å². The largest absolute Gasteiger partial charge is 0.455 e. The third-order valence-corrected chi connectivity index (χ3v) is 4.48. The van der Waals surface area contributed by atoms with Crippen LogP contribution in [0, 0.1) is 26.6 Å². The molecule has 0 aliphatic heterocycles. The van der Waals surface area contributed by atoms with Gasteiger partial charge in [-0.25, -0.2) is 14.4 Å². The van der Waals surface area contributed by atoms with E-state index < -0.39 is 0 Å². The van der Waals surface area contributed by atoms with E-state index in [-0.39, 0.29) is 5.82 Å². The first kappa shape index (κ1) is 17.9. The number of halogens is 1. The van der Waals surface area contributed by atoms with Crippen molar-refractivity contribution in [1.82, 2.24) is 15.0 Å². The molecule has 0 radical (unpaired) electrons. The summed E-state index contributed by atoms with van der Waals surface area (Å²) in [4.78, 5) is 12.6. The molecule has 2 heterocycles. The summed E-state index contributed by atoms with van der Waals surface area (Å²) in [6.45, 7) is 5.60. The number of hydrogen-bond acceptors (Lipinski definition) is 5. The van der Waals surface area contributed by atoms with Gasteiger partial charge in [-0.05, 0) is 68.3 Å². The van der Waals surface area contributed by atoms with Gasteiger partial charge in [-0.1, -0.05) is 6.07 Å². The smallest absolute Gasteiger partial charge is 0.145 e. The molecular formula is C22H19FN4O. The Labute approximate surface area is 162 Å². The van der Waals surface area contributed by atoms with Crippen molar-refractivity contribution in [2.24, 2.45) is 0 Å². The van der Waals surface area contributed by atoms with Crippen LogP contribution < -0.4 is 10.1 Å². The predicted octanol–water partition coefficient (Wildman–Crippen LogP) is 5.63. The number of pyridine rings is 1. The van der Waals surface area contributed by atoms with Crippen molar-refractivity contribution < 1.29 is 9.13 Å². The summed E-state index contributed by atoms with van der Waals surface area (Å²) in [7, 11) is 0. The fourth-order valence-corrected chi connectivity index (χ4v) is 2.93. The van der Waals surface area contributed by atoms with Crippen molar-refractivity contribution in [3.63, 3.8) is 0 Å². The molecule has 6 heteroatoms. The normalized spacial score (nSPS) is 10.9. The van der Waals surface area contributed by atoms with Gasteiger partial charge < -0.3 is 10.1 Å². The Morgan fingerprint density at radius 1 is 0.893 bits per heavy atom. The molecule has 140 valence electrons. The molecule has 1 N–H and O–H groups in total. The number of rotatable bonds is 4. The Balaban J connectivity index is 1.63. The number of hydrogen-bond donors (Lipinski definition) is 1. The maximum absolute atomic E-state index is 14.6. The number of nitrogens with one attached hydrogen (secondary N) is 1. The molecule has 0 aliphatic carbocycles. The van der Waals surface area contributed by atoms with Gasteiger partial charge in [0, 0.05) is 11.4 Å². The maximum Gasteiger partial charge on any atom is 0.145 e. The SMILES string of the molecule is Cc1ccc(Oc2ccc(Nc3ncnc4ccc(C)c(F)c34)cc2C)cn1. The first-order valence-corrected chi connectivity index (χ1v) is 8.89. The van der Waals surface area contributed by atoms with Crippen molar-refractivity contribution in [3.8, 4) is 11.5 Å². The number of aryl methyl sites for hydroxylation is 3. The van der Waals surface area contributed by atoms with E-state index in [1.54, 1.807) is 25.3 Å². The summed E-state index contributed by atoms with van der Waals surface area (Å²) in [6, 6.07) is 12.9. The van der Waals surface area contributed by atoms with Crippen molar-refractivity contribution in [2.75, 3.05) is 5.32 Å². The molecule has 0 saturated carbocycles. The van der Waals surface area contributed by atoms with Crippen molar-refractivity contribution in [3.05, 3.63) is 77.6 Å². The lowest BCUT2D eigenvalue weighted by Crippen LogP contribution is -1.99. The van der Waals surface area contributed by atoms with Gasteiger partial charge in [0.15, 0.2) is 0 Å². The highest BCUT2D eigenvalue weighted by molar-refractivity contribution is 5.91. The van der Waals surface area contributed by atoms with Crippen LogP contribution in [0.3, 0.4) is 0 Å². The third kappa shape index (κ3) is 3.49. The predicted molar refractivity (Wildman–Crippen MR) is 108 cm³/mol. The van der Waals surface area contributed by atoms with Gasteiger partial charge in [-0.15, -0.1) is 0 Å². The van der Waals surface area contributed by atoms with Gasteiger partial charge in [0.25, 0.3) is 0 Å². The van der Waals surface area contributed by atoms with Gasteiger partial charge in [-0.2, -0.15) is 0 Å². The summed E-state index contributed by atoms with van der Waals surface area (Å²) in [6.07, 6.45) is 3.12. The molecule has 2 aromatic heterocycles. The molecule has 0 saturated heterocycles. The monoisotopic (exact) mass is 374 g/mol. The van der Waals surface area contributed by atoms with Crippen LogP contribution in [-0.4, -0.2) is 15.0 Å². The number of fused-ring (bicyclic) bond motifs is 1. The van der Waals surface area contributed by atoms with E-state index in [0.29, 0.717) is 28.0 Å². The van der Waals surface area contributed by atoms with E-state index in [1.807, 2.05) is 44.2 Å². The Morgan fingerprint density at radius 3 is 2.50 bits per heavy atom. The van der Waals surface area contributed by atoms with Crippen molar-refractivity contribution in [1.29, 1.82) is 0 Å². The first-order chi connectivity index (χ1) is 13.5. The van der Waals surface area contributed by atoms with E-state index in [0.717, 1.165) is 22.7 Å². The number of nitrogens with zero attached hydrogens (tertiary/aromatic N) is 3. The molecular weight excluding hydrogens is 355 g/mol. The minimum absolute atomic E-state index is 0.316. The van der Waals surface area contributed by atoms with Gasteiger partial charge in [0.1, 0.15) is 29.5 Å². The Hall–Kier alpha value is -3.54. The molecule has 0 bridgehead atoms. The van der Waals surface area contributed by atoms with Crippen LogP contribution in [0.25, 0.3) is 10.9 Å². The van der Waals surface area contributed by atoms with Gasteiger partial charge in [0.2, 0.25) is 0 Å². The quantitative estimate of drug-likeness (QED) is 0.502. The second-order valence-corrected chi connectivity index (χ2v) is 6.66. The molecule has 4 rings (SSSR count). The minimum atomic E-state index is -0.316. The van der Waals surface area contributed by atoms with Crippen LogP contribution in [0.1, 0.15) is 16.8 Å². The lowest BCUT2D eigenvalue weighted by atomic mass is 10.1. The molecule has 4 aromatic rings. The zero-order valence-electron chi connectivity index (χ0n) is 15.8. The zero-order valence-corrected chi connectivity index (χ0v) is 15.8. The van der Waals surface area contributed by atoms with E-state index in [1.165, 1.54) is 6.33 Å². The van der Waals surface area contributed by atoms with E-state index in [9.17, 15) is 4.39 Å². The molecule has 0 fully saturated rings. The highest BCUT2D eigenvalue weighted by Gasteiger charge is 2.12. The molecule has 28 heavy (non-hydrogen) atoms. The molecule has 5 nitrogen and oxygen atoms in total. The summed E-state index contributed by atoms with van der Waals surface area (Å²) >= 11 is 0. The number of ether oxygens (including phenoxy) is 1. The van der Waals surface area contributed by atoms with Crippen LogP contribution in [0.5, 0.6) is 11.5 Å². The van der Waals surface area contributed by atoms with Gasteiger partial charge >= 0.3 is 0 Å². The summed E-state index contributed by atoms with van der Waals surface area (Å²) in [5.74, 6) is 1.52. The fraction of sp³-hybridized carbons (Fsp3) is 0.136. The summed E-state index contributed by atoms with van der Waals surface area (Å²) in [5, 5.41) is 3.58. The first-order valence-electron chi connectivity index (χ1n) is 8.89. The highest BCUT2D eigenvalue weighted by atomic mass is 19.1. The second-order valence-electron chi connectivity index (χ2n) is 6.66. The minimum Gasteiger partial charge on any atom is -0.455 e. The van der Waals surface area contributed by atoms with E-state index >= 15 is 0 Å². The van der Waals surface area contributed by atoms with Crippen LogP contribution in [0.4, 0.5) is 15.9 Å². The average molecular weight is 374 g/mol. The highest BCUT2D eigenvalue weighted by Crippen LogP contribution is 2.31. The lowest BCUT2D eigenvalue weighted by Gasteiger charge is -2.13. The van der Waals surface area contributed by atoms with Crippen LogP contribution in [0.2, 0.25) is 0 Å². The van der Waals surface area contributed by atoms with Gasteiger partial charge in [0.05, 0.1) is 17.1 Å². The molecule has 0 aliphatic rings. The zero-order chi connectivity index (χ0) is 19.7. The molecule has 2 aromatic carbocycles. The van der Waals surface area contributed by atoms with Gasteiger partial charge in [-0.3, -0.25) is 4.98 Å². The molecule has 0 atom stereocenters. The standard InChI is InChI=1S/C22H19FN4O/c1-13-4-8-18-20(21(13)23)22(26-12-25-18)27-16-6-9-19(14(2)10-16)28-17-7-5-15(3)24-11-17/h4-12H,1-3H3,(H,25,26,27). The molecule has 0 amide bonds. The number of benzene rings is 2. The van der Waals surface area contributed by atoms with Crippen molar-refractivity contribution in [2.45, 2.75) is 20.8 Å². The number of aromatic nitrogens is 3. The van der Waals surface area contributed by atoms with E-state index in [2.05, 4.69) is 20.3 Å². The number of anilines is 2.